The van der Waals surface area contributed by atoms with E-state index in [2.05, 4.69) is 10.6 Å². The molecule has 3 aromatic carbocycles. The van der Waals surface area contributed by atoms with Crippen molar-refractivity contribution in [3.63, 3.8) is 0 Å². The number of fused-ring (bicyclic) bond motifs is 1. The van der Waals surface area contributed by atoms with E-state index in [1.165, 1.54) is 18.2 Å². The van der Waals surface area contributed by atoms with Crippen molar-refractivity contribution in [3.8, 4) is 11.5 Å². The monoisotopic (exact) mass is 477 g/mol. The molecular formula is C27H28FN3O4. The third-order valence-corrected chi connectivity index (χ3v) is 6.11. The van der Waals surface area contributed by atoms with Crippen LogP contribution in [0.5, 0.6) is 11.5 Å². The predicted molar refractivity (Wildman–Crippen MR) is 132 cm³/mol. The highest BCUT2D eigenvalue weighted by Gasteiger charge is 2.32. The number of hydrogen-bond acceptors (Lipinski definition) is 4. The number of nitrogens with one attached hydrogen (secondary N) is 2. The van der Waals surface area contributed by atoms with E-state index in [1.54, 1.807) is 25.2 Å². The van der Waals surface area contributed by atoms with Crippen LogP contribution in [-0.4, -0.2) is 44.1 Å². The highest BCUT2D eigenvalue weighted by molar-refractivity contribution is 5.94. The third kappa shape index (κ3) is 5.37. The number of halogens is 1. The molecule has 0 aromatic heterocycles. The van der Waals surface area contributed by atoms with Gasteiger partial charge in [0, 0.05) is 24.3 Å². The highest BCUT2D eigenvalue weighted by atomic mass is 19.1. The average Bonchev–Trinajstić information content (AvgIpc) is 2.87. The fraction of sp³-hybridized carbons (Fsp3) is 0.259. The molecule has 0 spiro atoms. The number of rotatable bonds is 6. The van der Waals surface area contributed by atoms with E-state index < -0.39 is 17.8 Å². The van der Waals surface area contributed by atoms with Gasteiger partial charge in [0.1, 0.15) is 5.82 Å². The zero-order chi connectivity index (χ0) is 24.9. The Morgan fingerprint density at radius 1 is 1.03 bits per heavy atom. The number of amides is 3. The first kappa shape index (κ1) is 24.1. The summed E-state index contributed by atoms with van der Waals surface area (Å²) in [5.74, 6) is 0.229. The Balaban J connectivity index is 1.62. The molecule has 3 amide bonds. The molecule has 1 aliphatic rings. The van der Waals surface area contributed by atoms with Crippen molar-refractivity contribution in [2.45, 2.75) is 19.4 Å². The molecule has 2 N–H and O–H groups in total. The fourth-order valence-electron chi connectivity index (χ4n) is 4.24. The summed E-state index contributed by atoms with van der Waals surface area (Å²) in [7, 11) is 3.13. The van der Waals surface area contributed by atoms with Gasteiger partial charge < -0.3 is 25.0 Å². The summed E-state index contributed by atoms with van der Waals surface area (Å²) < 4.78 is 24.5. The highest BCUT2D eigenvalue weighted by Crippen LogP contribution is 2.38. The molecule has 0 radical (unpaired) electrons. The second-order valence-corrected chi connectivity index (χ2v) is 8.38. The lowest BCUT2D eigenvalue weighted by molar-refractivity contribution is 0.0936. The van der Waals surface area contributed by atoms with Crippen molar-refractivity contribution < 1.29 is 23.5 Å². The molecule has 0 unspecified atom stereocenters. The van der Waals surface area contributed by atoms with Gasteiger partial charge >= 0.3 is 6.03 Å². The van der Waals surface area contributed by atoms with Crippen LogP contribution in [0.15, 0.2) is 60.7 Å². The lowest BCUT2D eigenvalue weighted by Gasteiger charge is -2.38. The molecule has 0 aliphatic carbocycles. The number of methoxy groups -OCH3 is 2. The molecule has 1 atom stereocenters. The first-order valence-electron chi connectivity index (χ1n) is 11.3. The maximum absolute atomic E-state index is 13.6. The van der Waals surface area contributed by atoms with E-state index in [-0.39, 0.29) is 18.1 Å². The van der Waals surface area contributed by atoms with Crippen molar-refractivity contribution in [2.24, 2.45) is 0 Å². The minimum absolute atomic E-state index is 0.138. The molecular weight excluding hydrogens is 449 g/mol. The summed E-state index contributed by atoms with van der Waals surface area (Å²) in [6.45, 7) is 2.56. The first-order valence-corrected chi connectivity index (χ1v) is 11.3. The van der Waals surface area contributed by atoms with E-state index in [4.69, 9.17) is 9.47 Å². The predicted octanol–water partition coefficient (Wildman–Crippen LogP) is 4.71. The molecule has 182 valence electrons. The number of benzene rings is 3. The number of carbonyl (C=O) groups excluding carboxylic acids is 2. The maximum Gasteiger partial charge on any atom is 0.322 e. The summed E-state index contributed by atoms with van der Waals surface area (Å²) in [5, 5.41) is 5.81. The van der Waals surface area contributed by atoms with Gasteiger partial charge in [-0.15, -0.1) is 0 Å². The molecule has 0 bridgehead atoms. The van der Waals surface area contributed by atoms with Crippen molar-refractivity contribution >= 4 is 17.6 Å². The number of aryl methyl sites for hydroxylation is 1. The minimum Gasteiger partial charge on any atom is -0.493 e. The lowest BCUT2D eigenvalue weighted by Crippen LogP contribution is -2.46. The summed E-state index contributed by atoms with van der Waals surface area (Å²) >= 11 is 0. The lowest BCUT2D eigenvalue weighted by atomic mass is 9.91. The molecule has 8 heteroatoms. The van der Waals surface area contributed by atoms with Gasteiger partial charge in [-0.25, -0.2) is 9.18 Å². The number of urea groups is 1. The Kier molecular flexibility index (Phi) is 7.19. The molecule has 0 saturated heterocycles. The van der Waals surface area contributed by atoms with Crippen molar-refractivity contribution in [1.29, 1.82) is 0 Å². The van der Waals surface area contributed by atoms with Gasteiger partial charge in [-0.05, 0) is 66.9 Å². The Bertz CT molecular complexity index is 1230. The molecule has 35 heavy (non-hydrogen) atoms. The van der Waals surface area contributed by atoms with Gasteiger partial charge in [0.15, 0.2) is 11.5 Å². The zero-order valence-corrected chi connectivity index (χ0v) is 19.9. The van der Waals surface area contributed by atoms with E-state index in [9.17, 15) is 14.0 Å². The standard InChI is InChI=1S/C27H28FN3O4/c1-17-7-9-21(10-8-17)30-27(33)31-12-11-18-14-24(34-2)25(35-3)15-22(18)23(31)16-29-26(32)19-5-4-6-20(28)13-19/h4-10,13-15,23H,11-12,16H2,1-3H3,(H,29,32)(H,30,33)/t23-/m1/s1. The van der Waals surface area contributed by atoms with Crippen LogP contribution in [0.4, 0.5) is 14.9 Å². The Morgan fingerprint density at radius 2 is 1.74 bits per heavy atom. The summed E-state index contributed by atoms with van der Waals surface area (Å²) in [6, 6.07) is 16.0. The SMILES string of the molecule is COc1cc2c(cc1OC)[C@@H](CNC(=O)c1cccc(F)c1)N(C(=O)Nc1ccc(C)cc1)CC2. The molecule has 1 heterocycles. The largest absolute Gasteiger partial charge is 0.493 e. The van der Waals surface area contributed by atoms with Crippen molar-refractivity contribution in [1.82, 2.24) is 10.2 Å². The van der Waals surface area contributed by atoms with Crippen molar-refractivity contribution in [3.05, 3.63) is 88.7 Å². The number of carbonyl (C=O) groups is 2. The van der Waals surface area contributed by atoms with Gasteiger partial charge in [-0.2, -0.15) is 0 Å². The number of anilines is 1. The first-order chi connectivity index (χ1) is 16.9. The third-order valence-electron chi connectivity index (χ3n) is 6.11. The van der Waals surface area contributed by atoms with Gasteiger partial charge in [0.05, 0.1) is 20.3 Å². The maximum atomic E-state index is 13.6. The number of nitrogens with zero attached hydrogens (tertiary/aromatic N) is 1. The van der Waals surface area contributed by atoms with Gasteiger partial charge in [0.25, 0.3) is 5.91 Å². The number of ether oxygens (including phenoxy) is 2. The van der Waals surface area contributed by atoms with Crippen LogP contribution in [-0.2, 0) is 6.42 Å². The molecule has 0 fully saturated rings. The van der Waals surface area contributed by atoms with E-state index in [0.29, 0.717) is 30.2 Å². The second-order valence-electron chi connectivity index (χ2n) is 8.38. The molecule has 4 rings (SSSR count). The Labute approximate surface area is 203 Å². The summed E-state index contributed by atoms with van der Waals surface area (Å²) in [6.07, 6.45) is 0.616. The zero-order valence-electron chi connectivity index (χ0n) is 19.9. The van der Waals surface area contributed by atoms with E-state index in [0.717, 1.165) is 16.7 Å². The van der Waals surface area contributed by atoms with Crippen molar-refractivity contribution in [2.75, 3.05) is 32.6 Å². The van der Waals surface area contributed by atoms with Crippen LogP contribution in [0.25, 0.3) is 0 Å². The van der Waals surface area contributed by atoms with Gasteiger partial charge in [-0.1, -0.05) is 23.8 Å². The Hall–Kier alpha value is -4.07. The second kappa shape index (κ2) is 10.5. The van der Waals surface area contributed by atoms with Crippen LogP contribution in [0.3, 0.4) is 0 Å². The van der Waals surface area contributed by atoms with Crippen LogP contribution in [0.1, 0.15) is 33.1 Å². The smallest absolute Gasteiger partial charge is 0.322 e. The molecule has 1 aliphatic heterocycles. The minimum atomic E-state index is -0.489. The summed E-state index contributed by atoms with van der Waals surface area (Å²) in [4.78, 5) is 27.7. The van der Waals surface area contributed by atoms with E-state index in [1.807, 2.05) is 43.3 Å². The van der Waals surface area contributed by atoms with Crippen LogP contribution in [0.2, 0.25) is 0 Å². The van der Waals surface area contributed by atoms with Crippen LogP contribution < -0.4 is 20.1 Å². The van der Waals surface area contributed by atoms with Crippen LogP contribution >= 0.6 is 0 Å². The van der Waals surface area contributed by atoms with Gasteiger partial charge in [-0.3, -0.25) is 4.79 Å². The van der Waals surface area contributed by atoms with Gasteiger partial charge in [0.2, 0.25) is 0 Å². The number of hydrogen-bond donors (Lipinski definition) is 2. The van der Waals surface area contributed by atoms with Crippen LogP contribution in [0, 0.1) is 12.7 Å². The normalized spacial score (nSPS) is 14.6. The van der Waals surface area contributed by atoms with E-state index >= 15 is 0 Å². The quantitative estimate of drug-likeness (QED) is 0.539. The summed E-state index contributed by atoms with van der Waals surface area (Å²) in [5.41, 5.74) is 3.85. The molecule has 0 saturated carbocycles. The topological polar surface area (TPSA) is 79.9 Å². The Morgan fingerprint density at radius 3 is 2.43 bits per heavy atom. The average molecular weight is 478 g/mol. The molecule has 3 aromatic rings. The molecule has 7 nitrogen and oxygen atoms in total. The fourth-order valence-corrected chi connectivity index (χ4v) is 4.24.